The molecule has 1 unspecified atom stereocenters. The molecule has 0 saturated carbocycles. The average molecular weight is 512 g/mol. The second-order valence-electron chi connectivity index (χ2n) is 8.93. The highest BCUT2D eigenvalue weighted by atomic mass is 16.5. The molecular formula is C30H29N3O5. The van der Waals surface area contributed by atoms with Gasteiger partial charge in [0.1, 0.15) is 0 Å². The molecule has 5 rings (SSSR count). The second-order valence-corrected chi connectivity index (χ2v) is 8.93. The molecule has 3 N–H and O–H groups in total. The monoisotopic (exact) mass is 511 g/mol. The van der Waals surface area contributed by atoms with Gasteiger partial charge in [-0.1, -0.05) is 24.3 Å². The molecule has 38 heavy (non-hydrogen) atoms. The first-order valence-electron chi connectivity index (χ1n) is 12.2. The summed E-state index contributed by atoms with van der Waals surface area (Å²) in [6.45, 7) is -0.205. The van der Waals surface area contributed by atoms with Crippen molar-refractivity contribution in [1.82, 2.24) is 15.3 Å². The number of fused-ring (bicyclic) bond motifs is 2. The number of rotatable bonds is 9. The number of H-pyrrole nitrogens is 1. The average Bonchev–Trinajstić information content (AvgIpc) is 3.37. The number of aliphatic hydroxyl groups excluding tert-OH is 1. The third kappa shape index (κ3) is 4.73. The Labute approximate surface area is 220 Å². The van der Waals surface area contributed by atoms with Crippen LogP contribution in [0.5, 0.6) is 17.2 Å². The van der Waals surface area contributed by atoms with Gasteiger partial charge in [-0.15, -0.1) is 0 Å². The number of nitrogens with one attached hydrogen (secondary N) is 2. The van der Waals surface area contributed by atoms with Gasteiger partial charge in [-0.3, -0.25) is 9.78 Å². The number of ether oxygens (including phenoxy) is 3. The highest BCUT2D eigenvalue weighted by molar-refractivity contribution is 6.07. The summed E-state index contributed by atoms with van der Waals surface area (Å²) >= 11 is 0. The van der Waals surface area contributed by atoms with Crippen LogP contribution in [0, 0.1) is 0 Å². The number of amides is 1. The number of pyridine rings is 1. The van der Waals surface area contributed by atoms with Crippen LogP contribution in [0.3, 0.4) is 0 Å². The highest BCUT2D eigenvalue weighted by Crippen LogP contribution is 2.42. The molecule has 0 saturated heterocycles. The van der Waals surface area contributed by atoms with E-state index < -0.39 is 6.04 Å². The van der Waals surface area contributed by atoms with E-state index in [1.165, 1.54) is 0 Å². The van der Waals surface area contributed by atoms with E-state index in [0.717, 1.165) is 33.0 Å². The zero-order valence-electron chi connectivity index (χ0n) is 21.4. The topological polar surface area (TPSA) is 106 Å². The van der Waals surface area contributed by atoms with Crippen LogP contribution in [0.1, 0.15) is 15.9 Å². The molecule has 194 valence electrons. The molecule has 0 radical (unpaired) electrons. The predicted molar refractivity (Wildman–Crippen MR) is 147 cm³/mol. The lowest BCUT2D eigenvalue weighted by Crippen LogP contribution is -2.39. The van der Waals surface area contributed by atoms with Gasteiger partial charge in [0.25, 0.3) is 5.91 Å². The molecular weight excluding hydrogens is 482 g/mol. The van der Waals surface area contributed by atoms with Crippen LogP contribution in [0.15, 0.2) is 73.1 Å². The molecule has 5 aromatic rings. The summed E-state index contributed by atoms with van der Waals surface area (Å²) in [5.74, 6) is 1.19. The molecule has 1 atom stereocenters. The Morgan fingerprint density at radius 2 is 1.71 bits per heavy atom. The molecule has 0 fully saturated rings. The van der Waals surface area contributed by atoms with Gasteiger partial charge >= 0.3 is 0 Å². The highest BCUT2D eigenvalue weighted by Gasteiger charge is 2.20. The first-order chi connectivity index (χ1) is 18.6. The quantitative estimate of drug-likeness (QED) is 0.264. The van der Waals surface area contributed by atoms with Gasteiger partial charge < -0.3 is 29.6 Å². The fraction of sp³-hybridized carbons (Fsp3) is 0.200. The first-order valence-corrected chi connectivity index (χ1v) is 12.2. The van der Waals surface area contributed by atoms with E-state index in [0.29, 0.717) is 34.7 Å². The molecule has 2 aromatic heterocycles. The lowest BCUT2D eigenvalue weighted by Gasteiger charge is -2.18. The minimum atomic E-state index is -0.481. The van der Waals surface area contributed by atoms with Gasteiger partial charge in [0, 0.05) is 28.7 Å². The fourth-order valence-electron chi connectivity index (χ4n) is 4.77. The molecule has 8 heteroatoms. The molecule has 0 bridgehead atoms. The molecule has 0 aliphatic rings. The van der Waals surface area contributed by atoms with Crippen LogP contribution >= 0.6 is 0 Å². The number of methoxy groups -OCH3 is 3. The summed E-state index contributed by atoms with van der Waals surface area (Å²) in [5.41, 5.74) is 4.59. The van der Waals surface area contributed by atoms with E-state index in [-0.39, 0.29) is 12.5 Å². The van der Waals surface area contributed by atoms with Gasteiger partial charge in [0.05, 0.1) is 45.1 Å². The Balaban J connectivity index is 1.51. The largest absolute Gasteiger partial charge is 0.493 e. The maximum Gasteiger partial charge on any atom is 0.253 e. The third-order valence-corrected chi connectivity index (χ3v) is 6.64. The number of carbonyl (C=O) groups is 1. The van der Waals surface area contributed by atoms with Crippen molar-refractivity contribution in [2.75, 3.05) is 27.9 Å². The maximum atomic E-state index is 13.6. The van der Waals surface area contributed by atoms with Crippen LogP contribution in [-0.4, -0.2) is 55.0 Å². The van der Waals surface area contributed by atoms with E-state index in [4.69, 9.17) is 14.2 Å². The van der Waals surface area contributed by atoms with E-state index in [1.54, 1.807) is 33.6 Å². The van der Waals surface area contributed by atoms with Gasteiger partial charge in [-0.05, 0) is 59.5 Å². The summed E-state index contributed by atoms with van der Waals surface area (Å²) < 4.78 is 16.5. The SMILES string of the molecule is COc1cc(-c2cc(C(=O)NC(CO)Cc3c[nH]c4ccccc34)c3ncccc3c2)cc(OC)c1OC. The van der Waals surface area contributed by atoms with Crippen molar-refractivity contribution >= 4 is 27.7 Å². The van der Waals surface area contributed by atoms with Crippen molar-refractivity contribution in [3.63, 3.8) is 0 Å². The maximum absolute atomic E-state index is 13.6. The lowest BCUT2D eigenvalue weighted by atomic mass is 9.98. The smallest absolute Gasteiger partial charge is 0.253 e. The summed E-state index contributed by atoms with van der Waals surface area (Å²) in [5, 5.41) is 15.0. The summed E-state index contributed by atoms with van der Waals surface area (Å²) in [7, 11) is 4.68. The third-order valence-electron chi connectivity index (χ3n) is 6.64. The van der Waals surface area contributed by atoms with Gasteiger partial charge in [-0.25, -0.2) is 0 Å². The van der Waals surface area contributed by atoms with Crippen LogP contribution in [0.25, 0.3) is 32.9 Å². The molecule has 0 aliphatic carbocycles. The number of aliphatic hydroxyl groups is 1. The molecule has 2 heterocycles. The number of aromatic amines is 1. The zero-order valence-corrected chi connectivity index (χ0v) is 21.4. The minimum Gasteiger partial charge on any atom is -0.493 e. The number of carbonyl (C=O) groups excluding carboxylic acids is 1. The number of hydrogen-bond acceptors (Lipinski definition) is 6. The van der Waals surface area contributed by atoms with Gasteiger partial charge in [0.2, 0.25) is 5.75 Å². The molecule has 0 spiro atoms. The molecule has 0 aliphatic heterocycles. The van der Waals surface area contributed by atoms with Crippen molar-refractivity contribution in [1.29, 1.82) is 0 Å². The summed E-state index contributed by atoms with van der Waals surface area (Å²) in [6, 6.07) is 18.7. The molecule has 8 nitrogen and oxygen atoms in total. The Kier molecular flexibility index (Phi) is 7.15. The van der Waals surface area contributed by atoms with Crippen LogP contribution < -0.4 is 19.5 Å². The van der Waals surface area contributed by atoms with E-state index >= 15 is 0 Å². The summed E-state index contributed by atoms with van der Waals surface area (Å²) in [6.07, 6.45) is 4.05. The lowest BCUT2D eigenvalue weighted by molar-refractivity contribution is 0.0918. The predicted octanol–water partition coefficient (Wildman–Crippen LogP) is 4.74. The number of benzene rings is 3. The van der Waals surface area contributed by atoms with Crippen LogP contribution in [0.2, 0.25) is 0 Å². The normalized spacial score (nSPS) is 11.9. The van der Waals surface area contributed by atoms with Gasteiger partial charge in [-0.2, -0.15) is 0 Å². The van der Waals surface area contributed by atoms with E-state index in [9.17, 15) is 9.90 Å². The number of para-hydroxylation sites is 1. The van der Waals surface area contributed by atoms with Crippen molar-refractivity contribution in [2.45, 2.75) is 12.5 Å². The van der Waals surface area contributed by atoms with Gasteiger partial charge in [0.15, 0.2) is 11.5 Å². The fourth-order valence-corrected chi connectivity index (χ4v) is 4.77. The number of aromatic nitrogens is 2. The summed E-state index contributed by atoms with van der Waals surface area (Å²) in [4.78, 5) is 21.3. The Morgan fingerprint density at radius 1 is 0.974 bits per heavy atom. The van der Waals surface area contributed by atoms with Crippen LogP contribution in [-0.2, 0) is 6.42 Å². The molecule has 3 aromatic carbocycles. The zero-order chi connectivity index (χ0) is 26.6. The standard InChI is InChI=1S/C30H29N3O5/c1-36-26-14-20(15-27(37-2)29(26)38-3)19-11-18-7-6-10-31-28(18)24(13-19)30(35)33-22(17-34)12-21-16-32-25-9-5-4-8-23(21)25/h4-11,13-16,22,32,34H,12,17H2,1-3H3,(H,33,35). The number of nitrogens with zero attached hydrogens (tertiary/aromatic N) is 1. The van der Waals surface area contributed by atoms with Crippen LogP contribution in [0.4, 0.5) is 0 Å². The van der Waals surface area contributed by atoms with E-state index in [2.05, 4.69) is 15.3 Å². The Bertz CT molecular complexity index is 1590. The van der Waals surface area contributed by atoms with Crippen molar-refractivity contribution in [3.05, 3.63) is 84.2 Å². The first kappa shape index (κ1) is 25.1. The van der Waals surface area contributed by atoms with Crippen molar-refractivity contribution in [3.8, 4) is 28.4 Å². The van der Waals surface area contributed by atoms with Crippen molar-refractivity contribution < 1.29 is 24.1 Å². The van der Waals surface area contributed by atoms with Crippen molar-refractivity contribution in [2.24, 2.45) is 0 Å². The minimum absolute atomic E-state index is 0.205. The number of hydrogen-bond donors (Lipinski definition) is 3. The second kappa shape index (κ2) is 10.8. The molecule has 1 amide bonds. The Hall–Kier alpha value is -4.56. The van der Waals surface area contributed by atoms with E-state index in [1.807, 2.05) is 60.8 Å². The Morgan fingerprint density at radius 3 is 2.42 bits per heavy atom.